The second kappa shape index (κ2) is 8.31. The molecule has 1 N–H and O–H groups in total. The van der Waals surface area contributed by atoms with E-state index < -0.39 is 22.9 Å². The summed E-state index contributed by atoms with van der Waals surface area (Å²) in [7, 11) is 1.52. The Bertz CT molecular complexity index is 1250. The minimum atomic E-state index is -0.897. The van der Waals surface area contributed by atoms with E-state index in [0.29, 0.717) is 22.2 Å². The molecule has 1 aliphatic rings. The van der Waals surface area contributed by atoms with Gasteiger partial charge in [0.25, 0.3) is 5.56 Å². The van der Waals surface area contributed by atoms with Crippen LogP contribution in [0.3, 0.4) is 0 Å². The van der Waals surface area contributed by atoms with Crippen LogP contribution in [0.25, 0.3) is 22.0 Å². The molecular weight excluding hydrogens is 465 g/mol. The van der Waals surface area contributed by atoms with Crippen molar-refractivity contribution >= 4 is 59.4 Å². The third-order valence-electron chi connectivity index (χ3n) is 4.60. The Labute approximate surface area is 184 Å². The third-order valence-corrected chi connectivity index (χ3v) is 6.41. The highest BCUT2D eigenvalue weighted by Gasteiger charge is 2.27. The maximum atomic E-state index is 14.6. The van der Waals surface area contributed by atoms with Gasteiger partial charge in [-0.1, -0.05) is 23.2 Å². The molecule has 1 atom stereocenters. The number of methoxy groups -OCH3 is 1. The van der Waals surface area contributed by atoms with Crippen LogP contribution in [0, 0.1) is 11.6 Å². The van der Waals surface area contributed by atoms with Crippen molar-refractivity contribution in [3.05, 3.63) is 60.7 Å². The highest BCUT2D eigenvalue weighted by molar-refractivity contribution is 7.99. The molecule has 154 valence electrons. The van der Waals surface area contributed by atoms with Gasteiger partial charge in [0.1, 0.15) is 11.6 Å². The molecule has 2 heterocycles. The Morgan fingerprint density at radius 3 is 2.59 bits per heavy atom. The average Bonchev–Trinajstić information content (AvgIpc) is 2.84. The van der Waals surface area contributed by atoms with Gasteiger partial charge in [0.05, 0.1) is 33.6 Å². The maximum Gasteiger partial charge on any atom is 0.328 e. The van der Waals surface area contributed by atoms with Crippen LogP contribution in [-0.4, -0.2) is 28.5 Å². The smallest absolute Gasteiger partial charge is 0.328 e. The first-order valence-corrected chi connectivity index (χ1v) is 9.85. The van der Waals surface area contributed by atoms with Crippen LogP contribution in [0.2, 0.25) is 10.0 Å². The number of nitrogens with zero attached hydrogens (tertiary/aromatic N) is 1. The predicted octanol–water partition coefficient (Wildman–Crippen LogP) is 4.18. The first-order valence-electron chi connectivity index (χ1n) is 8.11. The zero-order valence-corrected chi connectivity index (χ0v) is 18.1. The molecule has 5 nitrogen and oxygen atoms in total. The average molecular weight is 479 g/mol. The number of hydrogen-bond donors (Lipinski definition) is 1. The van der Waals surface area contributed by atoms with Crippen LogP contribution in [0.4, 0.5) is 8.78 Å². The zero-order valence-electron chi connectivity index (χ0n) is 14.8. The lowest BCUT2D eigenvalue weighted by atomic mass is 10.0. The molecule has 11 heteroatoms. The van der Waals surface area contributed by atoms with E-state index in [-0.39, 0.29) is 52.7 Å². The number of aromatic amines is 1. The molecule has 0 bridgehead atoms. The molecule has 3 aromatic rings. The van der Waals surface area contributed by atoms with Gasteiger partial charge in [0.2, 0.25) is 0 Å². The molecular formula is C18H14Cl2F2N2O3S2. The van der Waals surface area contributed by atoms with Crippen LogP contribution in [0.1, 0.15) is 0 Å². The van der Waals surface area contributed by atoms with Crippen molar-refractivity contribution in [3.8, 4) is 11.1 Å². The minimum absolute atomic E-state index is 0. The first kappa shape index (κ1) is 22.2. The van der Waals surface area contributed by atoms with E-state index >= 15 is 0 Å². The lowest BCUT2D eigenvalue weighted by Gasteiger charge is -2.16. The number of aromatic nitrogens is 2. The summed E-state index contributed by atoms with van der Waals surface area (Å²) in [5.74, 6) is -1.32. The van der Waals surface area contributed by atoms with E-state index in [4.69, 9.17) is 27.9 Å². The summed E-state index contributed by atoms with van der Waals surface area (Å²) in [6.07, 6.45) is -0.322. The molecule has 0 spiro atoms. The first-order chi connectivity index (χ1) is 13.3. The number of ether oxygens (including phenoxy) is 1. The van der Waals surface area contributed by atoms with Gasteiger partial charge in [0, 0.05) is 35.0 Å². The Kier molecular flexibility index (Phi) is 6.35. The number of halogens is 4. The van der Waals surface area contributed by atoms with Gasteiger partial charge in [-0.2, -0.15) is 13.5 Å². The molecule has 1 aliphatic heterocycles. The fraction of sp³-hybridized carbons (Fsp3) is 0.222. The van der Waals surface area contributed by atoms with E-state index in [9.17, 15) is 18.4 Å². The van der Waals surface area contributed by atoms with Crippen molar-refractivity contribution in [2.75, 3.05) is 12.9 Å². The molecule has 0 fully saturated rings. The molecule has 0 amide bonds. The van der Waals surface area contributed by atoms with Crippen LogP contribution >= 0.6 is 48.5 Å². The second-order valence-electron chi connectivity index (χ2n) is 6.24. The van der Waals surface area contributed by atoms with Gasteiger partial charge in [-0.15, -0.1) is 11.8 Å². The Morgan fingerprint density at radius 1 is 1.17 bits per heavy atom. The number of thioether (sulfide) groups is 1. The number of benzene rings is 2. The van der Waals surface area contributed by atoms with Crippen molar-refractivity contribution in [2.24, 2.45) is 0 Å². The number of H-pyrrole nitrogens is 1. The summed E-state index contributed by atoms with van der Waals surface area (Å²) in [4.78, 5) is 27.5. The van der Waals surface area contributed by atoms with E-state index in [1.807, 2.05) is 0 Å². The SMILES string of the molecule is CO[C@@H]1CSc2c(-c3cc(Cl)c(F)cc3F)c(Cl)cc3c(=O)[nH]c(=O)n(c23)C1.S. The van der Waals surface area contributed by atoms with Crippen LogP contribution < -0.4 is 11.2 Å². The number of nitrogens with one attached hydrogen (secondary N) is 1. The van der Waals surface area contributed by atoms with Crippen molar-refractivity contribution in [2.45, 2.75) is 17.5 Å². The minimum Gasteiger partial charge on any atom is -0.379 e. The van der Waals surface area contributed by atoms with Crippen molar-refractivity contribution in [1.29, 1.82) is 0 Å². The lowest BCUT2D eigenvalue weighted by molar-refractivity contribution is 0.107. The molecule has 4 rings (SSSR count). The third kappa shape index (κ3) is 3.70. The molecule has 0 aliphatic carbocycles. The normalized spacial score (nSPS) is 15.8. The molecule has 0 radical (unpaired) electrons. The van der Waals surface area contributed by atoms with Crippen molar-refractivity contribution in [1.82, 2.24) is 9.55 Å². The fourth-order valence-electron chi connectivity index (χ4n) is 3.25. The maximum absolute atomic E-state index is 14.6. The summed E-state index contributed by atoms with van der Waals surface area (Å²) in [6, 6.07) is 3.19. The summed E-state index contributed by atoms with van der Waals surface area (Å²) < 4.78 is 35.0. The van der Waals surface area contributed by atoms with E-state index in [1.54, 1.807) is 0 Å². The summed E-state index contributed by atoms with van der Waals surface area (Å²) in [5, 5.41) is 0.0146. The summed E-state index contributed by atoms with van der Waals surface area (Å²) >= 11 is 13.5. The van der Waals surface area contributed by atoms with Crippen molar-refractivity contribution in [3.63, 3.8) is 0 Å². The monoisotopic (exact) mass is 478 g/mol. The Hall–Kier alpha value is -1.52. The topological polar surface area (TPSA) is 64.1 Å². The van der Waals surface area contributed by atoms with Crippen LogP contribution in [0.5, 0.6) is 0 Å². The van der Waals surface area contributed by atoms with Crippen LogP contribution in [0.15, 0.2) is 32.7 Å². The molecule has 1 aromatic heterocycles. The van der Waals surface area contributed by atoms with Crippen LogP contribution in [-0.2, 0) is 11.3 Å². The Balaban J connectivity index is 0.00000240. The summed E-state index contributed by atoms with van der Waals surface area (Å²) in [6.45, 7) is 0.205. The molecule has 0 unspecified atom stereocenters. The standard InChI is InChI=1S/C18H12Cl2F2N2O3S.H2S/c1-27-7-5-24-15-9(17(25)23-18(24)26)3-11(20)14(16(15)28-6-7)8-2-10(19)13(22)4-12(8)21;/h2-4,7H,5-6H2,1H3,(H,23,25,26);1H2/t7-;/m0./s1. The largest absolute Gasteiger partial charge is 0.379 e. The highest BCUT2D eigenvalue weighted by Crippen LogP contribution is 2.44. The second-order valence-corrected chi connectivity index (χ2v) is 8.09. The number of rotatable bonds is 2. The van der Waals surface area contributed by atoms with E-state index in [1.165, 1.54) is 29.5 Å². The fourth-order valence-corrected chi connectivity index (χ4v) is 5.09. The number of hydrogen-bond acceptors (Lipinski definition) is 4. The van der Waals surface area contributed by atoms with Crippen molar-refractivity contribution < 1.29 is 13.5 Å². The highest BCUT2D eigenvalue weighted by atomic mass is 35.5. The van der Waals surface area contributed by atoms with Gasteiger partial charge in [-0.25, -0.2) is 13.6 Å². The van der Waals surface area contributed by atoms with Gasteiger partial charge in [0.15, 0.2) is 0 Å². The quantitative estimate of drug-likeness (QED) is 0.561. The summed E-state index contributed by atoms with van der Waals surface area (Å²) in [5.41, 5.74) is -0.642. The molecule has 0 saturated heterocycles. The molecule has 2 aromatic carbocycles. The molecule has 29 heavy (non-hydrogen) atoms. The Morgan fingerprint density at radius 2 is 1.90 bits per heavy atom. The van der Waals surface area contributed by atoms with E-state index in [0.717, 1.165) is 6.07 Å². The van der Waals surface area contributed by atoms with E-state index in [2.05, 4.69) is 4.98 Å². The van der Waals surface area contributed by atoms with Gasteiger partial charge >= 0.3 is 5.69 Å². The predicted molar refractivity (Wildman–Crippen MR) is 116 cm³/mol. The molecule has 0 saturated carbocycles. The van der Waals surface area contributed by atoms with Gasteiger partial charge < -0.3 is 4.74 Å². The zero-order chi connectivity index (χ0) is 20.2. The van der Waals surface area contributed by atoms with Gasteiger partial charge in [-0.3, -0.25) is 14.3 Å². The van der Waals surface area contributed by atoms with Gasteiger partial charge in [-0.05, 0) is 12.1 Å². The lowest BCUT2D eigenvalue weighted by Crippen LogP contribution is -2.34.